The number of hydrogen-bond acceptors (Lipinski definition) is 4. The van der Waals surface area contributed by atoms with Gasteiger partial charge in [0.2, 0.25) is 5.88 Å². The molecule has 2 unspecified atom stereocenters. The van der Waals surface area contributed by atoms with E-state index >= 15 is 0 Å². The number of aldehydes is 1. The predicted molar refractivity (Wildman–Crippen MR) is 69.4 cm³/mol. The molecule has 0 bridgehead atoms. The van der Waals surface area contributed by atoms with Crippen molar-refractivity contribution in [2.45, 2.75) is 44.0 Å². The largest absolute Gasteiger partial charge is 0.474 e. The van der Waals surface area contributed by atoms with E-state index in [1.165, 1.54) is 7.05 Å². The average Bonchev–Trinajstić information content (AvgIpc) is 2.78. The van der Waals surface area contributed by atoms with Gasteiger partial charge in [0, 0.05) is 12.0 Å². The summed E-state index contributed by atoms with van der Waals surface area (Å²) in [6.07, 6.45) is -2.45. The van der Waals surface area contributed by atoms with Gasteiger partial charge in [-0.1, -0.05) is 11.5 Å². The Morgan fingerprint density at radius 1 is 1.45 bits per heavy atom. The third-order valence-electron chi connectivity index (χ3n) is 3.55. The average molecular weight is 317 g/mol. The van der Waals surface area contributed by atoms with E-state index in [0.717, 1.165) is 17.5 Å². The molecule has 10 heteroatoms. The summed E-state index contributed by atoms with van der Waals surface area (Å²) >= 11 is 0. The standard InChI is InChI=1S/C12H14F3N5O2/c1-20-11(7(6-21)10(18-20)12(13,14)15)22-9-5-3-2-4-8(9)17-19-16/h6,8-9H,2-5H2,1H3. The van der Waals surface area contributed by atoms with Crippen LogP contribution in [0.4, 0.5) is 13.2 Å². The quantitative estimate of drug-likeness (QED) is 0.369. The van der Waals surface area contributed by atoms with Gasteiger partial charge in [-0.25, -0.2) is 4.68 Å². The Balaban J connectivity index is 2.34. The minimum absolute atomic E-state index is 0.0799. The van der Waals surface area contributed by atoms with Crippen LogP contribution in [0.15, 0.2) is 5.11 Å². The highest BCUT2D eigenvalue weighted by Gasteiger charge is 2.40. The SMILES string of the molecule is Cn1nc(C(F)(F)F)c(C=O)c1OC1CCCCC1N=[N+]=[N-]. The minimum atomic E-state index is -4.74. The first-order valence-electron chi connectivity index (χ1n) is 6.68. The topological polar surface area (TPSA) is 92.9 Å². The van der Waals surface area contributed by atoms with Crippen LogP contribution >= 0.6 is 0 Å². The van der Waals surface area contributed by atoms with Gasteiger partial charge in [-0.2, -0.15) is 18.3 Å². The number of aryl methyl sites for hydroxylation is 1. The lowest BCUT2D eigenvalue weighted by Crippen LogP contribution is -2.34. The molecule has 0 aromatic carbocycles. The van der Waals surface area contributed by atoms with Crippen LogP contribution in [0.3, 0.4) is 0 Å². The number of azide groups is 1. The number of nitrogens with zero attached hydrogens (tertiary/aromatic N) is 5. The predicted octanol–water partition coefficient (Wildman–Crippen LogP) is 3.25. The summed E-state index contributed by atoms with van der Waals surface area (Å²) < 4.78 is 45.0. The molecule has 1 aromatic heterocycles. The molecular formula is C12H14F3N5O2. The van der Waals surface area contributed by atoms with E-state index in [2.05, 4.69) is 15.1 Å². The fraction of sp³-hybridized carbons (Fsp3) is 0.667. The smallest absolute Gasteiger partial charge is 0.436 e. The van der Waals surface area contributed by atoms with Crippen LogP contribution in [0, 0.1) is 0 Å². The van der Waals surface area contributed by atoms with Crippen LogP contribution in [0.25, 0.3) is 10.4 Å². The molecule has 1 fully saturated rings. The van der Waals surface area contributed by atoms with Gasteiger partial charge in [0.05, 0.1) is 6.04 Å². The zero-order valence-corrected chi connectivity index (χ0v) is 11.7. The molecule has 0 saturated heterocycles. The second-order valence-electron chi connectivity index (χ2n) is 5.02. The van der Waals surface area contributed by atoms with Crippen molar-refractivity contribution in [3.8, 4) is 5.88 Å². The summed E-state index contributed by atoms with van der Waals surface area (Å²) in [6.45, 7) is 0. The number of carbonyl (C=O) groups excluding carboxylic acids is 1. The molecule has 0 aliphatic heterocycles. The Kier molecular flexibility index (Phi) is 4.60. The maximum absolute atomic E-state index is 12.8. The molecule has 2 rings (SSSR count). The Morgan fingerprint density at radius 2 is 2.14 bits per heavy atom. The van der Waals surface area contributed by atoms with Crippen LogP contribution < -0.4 is 4.74 Å². The van der Waals surface area contributed by atoms with E-state index in [1.807, 2.05) is 0 Å². The zero-order chi connectivity index (χ0) is 16.3. The van der Waals surface area contributed by atoms with Crippen LogP contribution in [0.2, 0.25) is 0 Å². The first-order chi connectivity index (χ1) is 10.4. The number of halogens is 3. The van der Waals surface area contributed by atoms with Crippen LogP contribution in [-0.4, -0.2) is 28.2 Å². The lowest BCUT2D eigenvalue weighted by Gasteiger charge is -2.28. The highest BCUT2D eigenvalue weighted by molar-refractivity contribution is 5.80. The molecule has 1 aliphatic carbocycles. The molecule has 22 heavy (non-hydrogen) atoms. The van der Waals surface area contributed by atoms with Gasteiger partial charge >= 0.3 is 6.18 Å². The van der Waals surface area contributed by atoms with Gasteiger partial charge in [0.25, 0.3) is 0 Å². The van der Waals surface area contributed by atoms with E-state index in [1.54, 1.807) is 0 Å². The van der Waals surface area contributed by atoms with E-state index < -0.39 is 29.6 Å². The second-order valence-corrected chi connectivity index (χ2v) is 5.02. The van der Waals surface area contributed by atoms with Gasteiger partial charge in [-0.3, -0.25) is 4.79 Å². The number of hydrogen-bond donors (Lipinski definition) is 0. The van der Waals surface area contributed by atoms with Crippen LogP contribution in [-0.2, 0) is 13.2 Å². The van der Waals surface area contributed by atoms with E-state index in [9.17, 15) is 18.0 Å². The van der Waals surface area contributed by atoms with Gasteiger partial charge in [-0.15, -0.1) is 0 Å². The van der Waals surface area contributed by atoms with Crippen molar-refractivity contribution in [1.29, 1.82) is 0 Å². The molecule has 120 valence electrons. The van der Waals surface area contributed by atoms with Gasteiger partial charge in [0.15, 0.2) is 12.0 Å². The number of rotatable bonds is 4. The lowest BCUT2D eigenvalue weighted by molar-refractivity contribution is -0.141. The number of aromatic nitrogens is 2. The maximum Gasteiger partial charge on any atom is 0.436 e. The van der Waals surface area contributed by atoms with E-state index in [0.29, 0.717) is 12.8 Å². The maximum atomic E-state index is 12.8. The fourth-order valence-corrected chi connectivity index (χ4v) is 2.54. The Hall–Kier alpha value is -2.22. The second kappa shape index (κ2) is 6.27. The third-order valence-corrected chi connectivity index (χ3v) is 3.55. The summed E-state index contributed by atoms with van der Waals surface area (Å²) in [5, 5.41) is 6.94. The first kappa shape index (κ1) is 16.2. The van der Waals surface area contributed by atoms with Crippen LogP contribution in [0.5, 0.6) is 5.88 Å². The van der Waals surface area contributed by atoms with Crippen molar-refractivity contribution < 1.29 is 22.7 Å². The summed E-state index contributed by atoms with van der Waals surface area (Å²) in [7, 11) is 1.27. The molecule has 7 nitrogen and oxygen atoms in total. The van der Waals surface area contributed by atoms with Crippen molar-refractivity contribution in [3.05, 3.63) is 21.7 Å². The monoisotopic (exact) mass is 317 g/mol. The van der Waals surface area contributed by atoms with Gasteiger partial charge in [0.1, 0.15) is 11.7 Å². The molecule has 1 aromatic rings. The molecule has 2 atom stereocenters. The first-order valence-corrected chi connectivity index (χ1v) is 6.68. The van der Waals surface area contributed by atoms with Crippen molar-refractivity contribution in [2.24, 2.45) is 12.2 Å². The van der Waals surface area contributed by atoms with E-state index in [4.69, 9.17) is 10.3 Å². The lowest BCUT2D eigenvalue weighted by atomic mass is 9.93. The summed E-state index contributed by atoms with van der Waals surface area (Å²) in [5.74, 6) is -0.257. The number of ether oxygens (including phenoxy) is 1. The number of alkyl halides is 3. The summed E-state index contributed by atoms with van der Waals surface area (Å²) in [6, 6.07) is -0.470. The highest BCUT2D eigenvalue weighted by atomic mass is 19.4. The molecule has 0 spiro atoms. The molecule has 0 radical (unpaired) electrons. The molecule has 1 saturated carbocycles. The van der Waals surface area contributed by atoms with Crippen molar-refractivity contribution in [2.75, 3.05) is 0 Å². The van der Waals surface area contributed by atoms with Crippen LogP contribution in [0.1, 0.15) is 41.7 Å². The van der Waals surface area contributed by atoms with Gasteiger partial charge in [-0.05, 0) is 24.8 Å². The van der Waals surface area contributed by atoms with E-state index in [-0.39, 0.29) is 12.2 Å². The van der Waals surface area contributed by atoms with Crippen molar-refractivity contribution in [1.82, 2.24) is 9.78 Å². The summed E-state index contributed by atoms with van der Waals surface area (Å²) in [5.41, 5.74) is 6.63. The zero-order valence-electron chi connectivity index (χ0n) is 11.7. The Bertz CT molecular complexity index is 607. The molecule has 0 N–H and O–H groups in total. The fourth-order valence-electron chi connectivity index (χ4n) is 2.54. The molecular weight excluding hydrogens is 303 g/mol. The van der Waals surface area contributed by atoms with Crippen molar-refractivity contribution >= 4 is 6.29 Å². The molecule has 1 aliphatic rings. The third kappa shape index (κ3) is 3.16. The highest BCUT2D eigenvalue weighted by Crippen LogP contribution is 2.36. The minimum Gasteiger partial charge on any atom is -0.474 e. The Labute approximate surface area is 123 Å². The van der Waals surface area contributed by atoms with Crippen molar-refractivity contribution in [3.63, 3.8) is 0 Å². The molecule has 1 heterocycles. The molecule has 0 amide bonds. The van der Waals surface area contributed by atoms with Gasteiger partial charge < -0.3 is 4.74 Å². The summed E-state index contributed by atoms with van der Waals surface area (Å²) in [4.78, 5) is 13.8. The number of carbonyl (C=O) groups is 1. The Morgan fingerprint density at radius 3 is 2.73 bits per heavy atom. The normalized spacial score (nSPS) is 22.0.